The molecule has 114 valence electrons. The predicted octanol–water partition coefficient (Wildman–Crippen LogP) is 3.76. The van der Waals surface area contributed by atoms with Gasteiger partial charge in [0.05, 0.1) is 0 Å². The summed E-state index contributed by atoms with van der Waals surface area (Å²) in [6.07, 6.45) is 0. The summed E-state index contributed by atoms with van der Waals surface area (Å²) in [5.74, 6) is -0.217. The number of rotatable bonds is 3. The van der Waals surface area contributed by atoms with Crippen LogP contribution < -0.4 is 10.6 Å². The van der Waals surface area contributed by atoms with E-state index in [9.17, 15) is 4.79 Å². The molecule has 2 aromatic rings. The van der Waals surface area contributed by atoms with E-state index in [0.29, 0.717) is 22.2 Å². The van der Waals surface area contributed by atoms with Gasteiger partial charge in [-0.15, -0.1) is 0 Å². The number of carbonyl (C=O) groups is 1. The minimum absolute atomic E-state index is 0.217. The lowest BCUT2D eigenvalue weighted by Crippen LogP contribution is -2.38. The molecule has 0 fully saturated rings. The number of thiocarbonyl (C=S) groups is 1. The van der Waals surface area contributed by atoms with Crippen LogP contribution in [0.1, 0.15) is 27.0 Å². The van der Waals surface area contributed by atoms with Gasteiger partial charge >= 0.3 is 0 Å². The van der Waals surface area contributed by atoms with Crippen LogP contribution in [0.4, 0.5) is 0 Å². The topological polar surface area (TPSA) is 41.1 Å². The molecule has 0 heterocycles. The van der Waals surface area contributed by atoms with E-state index in [1.807, 2.05) is 44.2 Å². The van der Waals surface area contributed by atoms with E-state index < -0.39 is 0 Å². The zero-order valence-electron chi connectivity index (χ0n) is 12.4. The third-order valence-electron chi connectivity index (χ3n) is 3.28. The van der Waals surface area contributed by atoms with Crippen molar-refractivity contribution >= 4 is 34.8 Å². The van der Waals surface area contributed by atoms with E-state index in [4.69, 9.17) is 23.8 Å². The van der Waals surface area contributed by atoms with Crippen LogP contribution in [-0.4, -0.2) is 11.0 Å². The first-order valence-corrected chi connectivity index (χ1v) is 7.65. The van der Waals surface area contributed by atoms with Crippen molar-refractivity contribution in [3.05, 3.63) is 69.7 Å². The smallest absolute Gasteiger partial charge is 0.257 e. The predicted molar refractivity (Wildman–Crippen MR) is 94.3 cm³/mol. The number of nitrogens with one attached hydrogen (secondary N) is 2. The molecule has 22 heavy (non-hydrogen) atoms. The molecule has 5 heteroatoms. The second kappa shape index (κ2) is 7.38. The van der Waals surface area contributed by atoms with Crippen LogP contribution in [0.3, 0.4) is 0 Å². The fraction of sp³-hybridized carbons (Fsp3) is 0.176. The standard InChI is InChI=1S/C17H17ClN2OS/c1-11-3-5-13(6-4-11)16(21)20-17(22)19-10-14-7-8-15(18)9-12(14)2/h3-9H,10H2,1-2H3,(H2,19,20,21,22). The average Bonchev–Trinajstić information content (AvgIpc) is 2.47. The minimum atomic E-state index is -0.217. The minimum Gasteiger partial charge on any atom is -0.358 e. The van der Waals surface area contributed by atoms with Crippen molar-refractivity contribution in [2.75, 3.05) is 0 Å². The maximum absolute atomic E-state index is 12.0. The number of benzene rings is 2. The van der Waals surface area contributed by atoms with Crippen LogP contribution in [0.2, 0.25) is 5.02 Å². The fourth-order valence-electron chi connectivity index (χ4n) is 1.96. The monoisotopic (exact) mass is 332 g/mol. The van der Waals surface area contributed by atoms with Crippen molar-refractivity contribution in [2.45, 2.75) is 20.4 Å². The van der Waals surface area contributed by atoms with Gasteiger partial charge in [-0.05, 0) is 61.5 Å². The van der Waals surface area contributed by atoms with Crippen LogP contribution >= 0.6 is 23.8 Å². The Bertz CT molecular complexity index is 698. The molecule has 2 aromatic carbocycles. The summed E-state index contributed by atoms with van der Waals surface area (Å²) in [7, 11) is 0. The van der Waals surface area contributed by atoms with E-state index >= 15 is 0 Å². The number of halogens is 1. The highest BCUT2D eigenvalue weighted by atomic mass is 35.5. The zero-order valence-corrected chi connectivity index (χ0v) is 14.0. The van der Waals surface area contributed by atoms with E-state index in [1.54, 1.807) is 12.1 Å². The molecule has 2 N–H and O–H groups in total. The summed E-state index contributed by atoms with van der Waals surface area (Å²) < 4.78 is 0. The summed E-state index contributed by atoms with van der Waals surface area (Å²) >= 11 is 11.1. The van der Waals surface area contributed by atoms with Crippen molar-refractivity contribution in [1.29, 1.82) is 0 Å². The number of aryl methyl sites for hydroxylation is 2. The van der Waals surface area contributed by atoms with Gasteiger partial charge in [0, 0.05) is 17.1 Å². The maximum Gasteiger partial charge on any atom is 0.257 e. The molecule has 0 spiro atoms. The summed E-state index contributed by atoms with van der Waals surface area (Å²) in [5, 5.41) is 6.71. The molecule has 2 rings (SSSR count). The van der Waals surface area contributed by atoms with Gasteiger partial charge < -0.3 is 5.32 Å². The van der Waals surface area contributed by atoms with Gasteiger partial charge in [0.15, 0.2) is 5.11 Å². The van der Waals surface area contributed by atoms with Crippen LogP contribution in [0.5, 0.6) is 0 Å². The van der Waals surface area contributed by atoms with Crippen LogP contribution in [0.15, 0.2) is 42.5 Å². The lowest BCUT2D eigenvalue weighted by Gasteiger charge is -2.11. The Morgan fingerprint density at radius 2 is 1.82 bits per heavy atom. The molecule has 0 saturated heterocycles. The molecule has 0 aromatic heterocycles. The molecule has 0 aliphatic heterocycles. The third-order valence-corrected chi connectivity index (χ3v) is 3.77. The molecule has 3 nitrogen and oxygen atoms in total. The van der Waals surface area contributed by atoms with Crippen LogP contribution in [0.25, 0.3) is 0 Å². The largest absolute Gasteiger partial charge is 0.358 e. The molecule has 1 amide bonds. The first-order valence-electron chi connectivity index (χ1n) is 6.86. The fourth-order valence-corrected chi connectivity index (χ4v) is 2.35. The third kappa shape index (κ3) is 4.55. The Kier molecular flexibility index (Phi) is 5.52. The Labute approximate surface area is 140 Å². The first-order chi connectivity index (χ1) is 10.5. The van der Waals surface area contributed by atoms with Crippen molar-refractivity contribution < 1.29 is 4.79 Å². The Morgan fingerprint density at radius 3 is 2.45 bits per heavy atom. The van der Waals surface area contributed by atoms with Crippen molar-refractivity contribution in [3.63, 3.8) is 0 Å². The molecule has 0 saturated carbocycles. The zero-order chi connectivity index (χ0) is 16.1. The Morgan fingerprint density at radius 1 is 1.14 bits per heavy atom. The second-order valence-corrected chi connectivity index (χ2v) is 5.92. The average molecular weight is 333 g/mol. The van der Waals surface area contributed by atoms with Gasteiger partial charge in [0.2, 0.25) is 0 Å². The molecule has 0 aliphatic carbocycles. The Hall–Kier alpha value is -1.91. The van der Waals surface area contributed by atoms with Crippen molar-refractivity contribution in [3.8, 4) is 0 Å². The molecular formula is C17H17ClN2OS. The van der Waals surface area contributed by atoms with Crippen LogP contribution in [-0.2, 0) is 6.54 Å². The number of hydrogen-bond acceptors (Lipinski definition) is 2. The number of hydrogen-bond donors (Lipinski definition) is 2. The normalized spacial score (nSPS) is 10.1. The molecule has 0 atom stereocenters. The SMILES string of the molecule is Cc1ccc(C(=O)NC(=S)NCc2ccc(Cl)cc2C)cc1. The van der Waals surface area contributed by atoms with Gasteiger partial charge in [0.25, 0.3) is 5.91 Å². The van der Waals surface area contributed by atoms with Gasteiger partial charge in [-0.25, -0.2) is 0 Å². The summed E-state index contributed by atoms with van der Waals surface area (Å²) in [6, 6.07) is 13.0. The highest BCUT2D eigenvalue weighted by Crippen LogP contribution is 2.14. The molecular weight excluding hydrogens is 316 g/mol. The maximum atomic E-state index is 12.0. The lowest BCUT2D eigenvalue weighted by atomic mass is 10.1. The summed E-state index contributed by atoms with van der Waals surface area (Å²) in [4.78, 5) is 12.0. The lowest BCUT2D eigenvalue weighted by molar-refractivity contribution is 0.0976. The second-order valence-electron chi connectivity index (χ2n) is 5.07. The van der Waals surface area contributed by atoms with Gasteiger partial charge in [-0.2, -0.15) is 0 Å². The van der Waals surface area contributed by atoms with E-state index in [2.05, 4.69) is 10.6 Å². The quantitative estimate of drug-likeness (QED) is 0.841. The van der Waals surface area contributed by atoms with E-state index in [1.165, 1.54) is 0 Å². The van der Waals surface area contributed by atoms with Gasteiger partial charge in [-0.1, -0.05) is 35.4 Å². The molecule has 0 radical (unpaired) electrons. The van der Waals surface area contributed by atoms with Crippen LogP contribution in [0, 0.1) is 13.8 Å². The molecule has 0 bridgehead atoms. The van der Waals surface area contributed by atoms with Gasteiger partial charge in [-0.3, -0.25) is 10.1 Å². The highest BCUT2D eigenvalue weighted by Gasteiger charge is 2.07. The summed E-state index contributed by atoms with van der Waals surface area (Å²) in [5.41, 5.74) is 3.84. The molecule has 0 unspecified atom stereocenters. The van der Waals surface area contributed by atoms with E-state index in [-0.39, 0.29) is 5.91 Å². The molecule has 0 aliphatic rings. The van der Waals surface area contributed by atoms with E-state index in [0.717, 1.165) is 16.7 Å². The first kappa shape index (κ1) is 16.5. The van der Waals surface area contributed by atoms with Crippen molar-refractivity contribution in [2.24, 2.45) is 0 Å². The highest BCUT2D eigenvalue weighted by molar-refractivity contribution is 7.80. The number of amides is 1. The van der Waals surface area contributed by atoms with Crippen molar-refractivity contribution in [1.82, 2.24) is 10.6 Å². The Balaban J connectivity index is 1.90. The number of carbonyl (C=O) groups excluding carboxylic acids is 1. The van der Waals surface area contributed by atoms with Gasteiger partial charge in [0.1, 0.15) is 0 Å². The summed E-state index contributed by atoms with van der Waals surface area (Å²) in [6.45, 7) is 4.50.